The maximum Gasteiger partial charge on any atom is 0.361 e. The van der Waals surface area contributed by atoms with Crippen molar-refractivity contribution in [2.75, 3.05) is 11.9 Å². The van der Waals surface area contributed by atoms with E-state index in [1.54, 1.807) is 45.0 Å². The fourth-order valence-electron chi connectivity index (χ4n) is 3.22. The topological polar surface area (TPSA) is 133 Å². The first-order chi connectivity index (χ1) is 14.8. The van der Waals surface area contributed by atoms with Crippen LogP contribution in [0.2, 0.25) is 0 Å². The molecule has 0 aliphatic carbocycles. The molecule has 2 heterocycles. The number of fused-ring (bicyclic) bond motifs is 1. The van der Waals surface area contributed by atoms with Crippen molar-refractivity contribution in [1.82, 2.24) is 14.7 Å². The SMILES string of the molecule is CCOC(=O)c1noc2nc(C)n(C(CC)C(=O)Nc3ccc(C(C)=O)cc3)c(=O)c12. The fourth-order valence-corrected chi connectivity index (χ4v) is 3.22. The number of nitrogens with zero attached hydrogens (tertiary/aromatic N) is 3. The maximum atomic E-state index is 13.2. The average molecular weight is 426 g/mol. The molecule has 0 saturated heterocycles. The van der Waals surface area contributed by atoms with Crippen LogP contribution in [0.4, 0.5) is 5.69 Å². The Balaban J connectivity index is 2.00. The van der Waals surface area contributed by atoms with Crippen LogP contribution in [0.3, 0.4) is 0 Å². The lowest BCUT2D eigenvalue weighted by atomic mass is 10.1. The average Bonchev–Trinajstić information content (AvgIpc) is 3.15. The Kier molecular flexibility index (Phi) is 6.28. The first-order valence-electron chi connectivity index (χ1n) is 9.75. The first-order valence-corrected chi connectivity index (χ1v) is 9.75. The number of benzene rings is 1. The van der Waals surface area contributed by atoms with Gasteiger partial charge in [-0.2, -0.15) is 4.98 Å². The van der Waals surface area contributed by atoms with Gasteiger partial charge in [-0.05, 0) is 51.5 Å². The molecule has 0 spiro atoms. The van der Waals surface area contributed by atoms with Crippen LogP contribution in [0.15, 0.2) is 33.6 Å². The fraction of sp³-hybridized carbons (Fsp3) is 0.333. The van der Waals surface area contributed by atoms with E-state index in [-0.39, 0.29) is 41.4 Å². The van der Waals surface area contributed by atoms with Crippen LogP contribution < -0.4 is 10.9 Å². The Morgan fingerprint density at radius 2 is 1.87 bits per heavy atom. The van der Waals surface area contributed by atoms with Gasteiger partial charge in [0.15, 0.2) is 5.78 Å². The van der Waals surface area contributed by atoms with Gasteiger partial charge in [0.2, 0.25) is 11.6 Å². The van der Waals surface area contributed by atoms with Gasteiger partial charge in [-0.15, -0.1) is 0 Å². The van der Waals surface area contributed by atoms with Crippen molar-refractivity contribution in [1.29, 1.82) is 0 Å². The number of Topliss-reactive ketones (excluding diaryl/α,β-unsaturated/α-hetero) is 1. The van der Waals surface area contributed by atoms with Gasteiger partial charge >= 0.3 is 5.97 Å². The molecule has 1 atom stereocenters. The molecule has 1 amide bonds. The summed E-state index contributed by atoms with van der Waals surface area (Å²) in [6.45, 7) is 6.49. The molecule has 0 aliphatic heterocycles. The molecule has 2 aromatic heterocycles. The van der Waals surface area contributed by atoms with Crippen LogP contribution in [0.25, 0.3) is 11.1 Å². The van der Waals surface area contributed by atoms with E-state index in [0.717, 1.165) is 0 Å². The van der Waals surface area contributed by atoms with Crippen molar-refractivity contribution >= 4 is 34.4 Å². The van der Waals surface area contributed by atoms with Gasteiger partial charge in [0.05, 0.1) is 6.61 Å². The van der Waals surface area contributed by atoms with Crippen LogP contribution in [0.1, 0.15) is 59.9 Å². The lowest BCUT2D eigenvalue weighted by molar-refractivity contribution is -0.119. The van der Waals surface area contributed by atoms with E-state index in [1.807, 2.05) is 0 Å². The van der Waals surface area contributed by atoms with Gasteiger partial charge in [0.25, 0.3) is 11.3 Å². The van der Waals surface area contributed by atoms with Crippen molar-refractivity contribution < 1.29 is 23.6 Å². The molecule has 0 saturated carbocycles. The third kappa shape index (κ3) is 4.23. The van der Waals surface area contributed by atoms with E-state index in [9.17, 15) is 19.2 Å². The summed E-state index contributed by atoms with van der Waals surface area (Å²) in [4.78, 5) is 53.9. The molecule has 3 aromatic rings. The van der Waals surface area contributed by atoms with Crippen molar-refractivity contribution in [2.24, 2.45) is 0 Å². The predicted octanol–water partition coefficient (Wildman–Crippen LogP) is 2.66. The lowest BCUT2D eigenvalue weighted by Gasteiger charge is -2.19. The summed E-state index contributed by atoms with van der Waals surface area (Å²) < 4.78 is 11.2. The van der Waals surface area contributed by atoms with E-state index in [1.165, 1.54) is 11.5 Å². The summed E-state index contributed by atoms with van der Waals surface area (Å²) >= 11 is 0. The zero-order chi connectivity index (χ0) is 22.7. The van der Waals surface area contributed by atoms with Crippen molar-refractivity contribution in [3.8, 4) is 0 Å². The van der Waals surface area contributed by atoms with Gasteiger partial charge in [0.1, 0.15) is 17.3 Å². The highest BCUT2D eigenvalue weighted by molar-refractivity contribution is 6.00. The van der Waals surface area contributed by atoms with Gasteiger partial charge in [-0.1, -0.05) is 12.1 Å². The van der Waals surface area contributed by atoms with E-state index in [2.05, 4.69) is 15.5 Å². The van der Waals surface area contributed by atoms with Crippen molar-refractivity contribution in [2.45, 2.75) is 40.2 Å². The molecule has 0 fully saturated rings. The minimum atomic E-state index is -0.901. The summed E-state index contributed by atoms with van der Waals surface area (Å²) in [7, 11) is 0. The number of ketones is 1. The molecule has 1 aromatic carbocycles. The Hall–Kier alpha value is -3.82. The number of rotatable bonds is 7. The number of nitrogens with one attached hydrogen (secondary N) is 1. The molecule has 0 bridgehead atoms. The highest BCUT2D eigenvalue weighted by atomic mass is 16.5. The third-order valence-corrected chi connectivity index (χ3v) is 4.75. The molecule has 1 N–H and O–H groups in total. The molecule has 10 heteroatoms. The molecule has 1 unspecified atom stereocenters. The number of anilines is 1. The Bertz CT molecular complexity index is 1210. The largest absolute Gasteiger partial charge is 0.461 e. The monoisotopic (exact) mass is 426 g/mol. The molecule has 10 nitrogen and oxygen atoms in total. The number of esters is 1. The number of aryl methyl sites for hydroxylation is 1. The predicted molar refractivity (Wildman–Crippen MR) is 111 cm³/mol. The molecule has 0 radical (unpaired) electrons. The molecular weight excluding hydrogens is 404 g/mol. The maximum absolute atomic E-state index is 13.2. The second kappa shape index (κ2) is 8.90. The molecule has 3 rings (SSSR count). The Morgan fingerprint density at radius 1 is 1.19 bits per heavy atom. The minimum Gasteiger partial charge on any atom is -0.461 e. The number of hydrogen-bond acceptors (Lipinski definition) is 8. The quantitative estimate of drug-likeness (QED) is 0.450. The molecular formula is C21H22N4O6. The summed E-state index contributed by atoms with van der Waals surface area (Å²) in [6.07, 6.45) is 0.283. The zero-order valence-electron chi connectivity index (χ0n) is 17.6. The summed E-state index contributed by atoms with van der Waals surface area (Å²) in [5.74, 6) is -1.10. The van der Waals surface area contributed by atoms with Crippen molar-refractivity contribution in [3.63, 3.8) is 0 Å². The second-order valence-corrected chi connectivity index (χ2v) is 6.81. The van der Waals surface area contributed by atoms with E-state index in [4.69, 9.17) is 9.26 Å². The Labute approximate surface area is 177 Å². The van der Waals surface area contributed by atoms with E-state index < -0.39 is 23.5 Å². The summed E-state index contributed by atoms with van der Waals surface area (Å²) in [5.41, 5.74) is -0.00751. The van der Waals surface area contributed by atoms with Crippen LogP contribution >= 0.6 is 0 Å². The van der Waals surface area contributed by atoms with Crippen LogP contribution in [0, 0.1) is 6.92 Å². The number of amides is 1. The molecule has 0 aliphatic rings. The minimum absolute atomic E-state index is 0.0861. The van der Waals surface area contributed by atoms with E-state index in [0.29, 0.717) is 11.3 Å². The van der Waals surface area contributed by atoms with E-state index >= 15 is 0 Å². The summed E-state index contributed by atoms with van der Waals surface area (Å²) in [5, 5.41) is 6.23. The normalized spacial score (nSPS) is 11.9. The van der Waals surface area contributed by atoms with Crippen LogP contribution in [-0.2, 0) is 9.53 Å². The number of carbonyl (C=O) groups excluding carboxylic acids is 3. The Morgan fingerprint density at radius 3 is 2.45 bits per heavy atom. The van der Waals surface area contributed by atoms with Crippen LogP contribution in [0.5, 0.6) is 0 Å². The lowest BCUT2D eigenvalue weighted by Crippen LogP contribution is -2.35. The second-order valence-electron chi connectivity index (χ2n) is 6.81. The van der Waals surface area contributed by atoms with Crippen LogP contribution in [-0.4, -0.2) is 39.0 Å². The first kappa shape index (κ1) is 21.9. The van der Waals surface area contributed by atoms with Gasteiger partial charge in [-0.25, -0.2) is 4.79 Å². The number of hydrogen-bond donors (Lipinski definition) is 1. The van der Waals surface area contributed by atoms with Crippen molar-refractivity contribution in [3.05, 3.63) is 51.7 Å². The number of aromatic nitrogens is 3. The summed E-state index contributed by atoms with van der Waals surface area (Å²) in [6, 6.07) is 5.52. The highest BCUT2D eigenvalue weighted by Gasteiger charge is 2.28. The highest BCUT2D eigenvalue weighted by Crippen LogP contribution is 2.20. The third-order valence-electron chi connectivity index (χ3n) is 4.75. The van der Waals surface area contributed by atoms with Gasteiger partial charge in [-0.3, -0.25) is 19.0 Å². The zero-order valence-corrected chi connectivity index (χ0v) is 17.6. The standard InChI is InChI=1S/C21H22N4O6/c1-5-15(18(27)23-14-9-7-13(8-10-14)11(3)26)25-12(4)22-19-16(20(25)28)17(24-31-19)21(29)30-6-2/h7-10,15H,5-6H2,1-4H3,(H,23,27). The van der Waals surface area contributed by atoms with Gasteiger partial charge in [0, 0.05) is 11.3 Å². The smallest absolute Gasteiger partial charge is 0.361 e. The van der Waals surface area contributed by atoms with Gasteiger partial charge < -0.3 is 14.6 Å². The molecule has 162 valence electrons. The molecule has 31 heavy (non-hydrogen) atoms. The number of ether oxygens (including phenoxy) is 1. The number of carbonyl (C=O) groups is 3.